The van der Waals surface area contributed by atoms with E-state index in [1.54, 1.807) is 10.3 Å². The number of carbonyl (C=O) groups excluding carboxylic acids is 1. The fraction of sp³-hybridized carbons (Fsp3) is 0.471. The normalized spacial score (nSPS) is 25.0. The molecule has 6 nitrogen and oxygen atoms in total. The summed E-state index contributed by atoms with van der Waals surface area (Å²) in [6.07, 6.45) is 1.87. The molecule has 2 fully saturated rings. The molecule has 0 bridgehead atoms. The second kappa shape index (κ2) is 7.17. The van der Waals surface area contributed by atoms with Gasteiger partial charge in [-0.3, -0.25) is 0 Å². The van der Waals surface area contributed by atoms with Gasteiger partial charge in [-0.2, -0.15) is 0 Å². The van der Waals surface area contributed by atoms with Crippen LogP contribution in [0.3, 0.4) is 0 Å². The number of amides is 1. The standard InChI is InChI=1S/C17H18ClN3O3S/c18-13-1-3-15(4-2-13)24-16-5-11-7-21(8-12(11)6-16)17(22)23-9-14-10-25-20-19-14/h1-4,10-12,16H,5-9H2/t11-,12+,16?. The van der Waals surface area contributed by atoms with Crippen LogP contribution in [0.4, 0.5) is 4.79 Å². The first-order chi connectivity index (χ1) is 12.2. The van der Waals surface area contributed by atoms with Crippen LogP contribution in [0.1, 0.15) is 18.5 Å². The zero-order valence-electron chi connectivity index (χ0n) is 13.5. The zero-order chi connectivity index (χ0) is 17.2. The molecule has 1 amide bonds. The monoisotopic (exact) mass is 379 g/mol. The lowest BCUT2D eigenvalue weighted by molar-refractivity contribution is 0.0975. The molecule has 8 heteroatoms. The Kier molecular flexibility index (Phi) is 4.76. The number of carbonyl (C=O) groups is 1. The molecule has 0 N–H and O–H groups in total. The molecule has 1 aromatic carbocycles. The molecule has 2 aliphatic rings. The Balaban J connectivity index is 1.25. The molecule has 0 radical (unpaired) electrons. The highest BCUT2D eigenvalue weighted by Gasteiger charge is 2.43. The van der Waals surface area contributed by atoms with Gasteiger partial charge in [-0.05, 0) is 60.5 Å². The van der Waals surface area contributed by atoms with E-state index in [9.17, 15) is 4.79 Å². The zero-order valence-corrected chi connectivity index (χ0v) is 15.1. The molecule has 1 unspecified atom stereocenters. The van der Waals surface area contributed by atoms with Crippen molar-refractivity contribution in [3.63, 3.8) is 0 Å². The molecule has 1 aliphatic heterocycles. The van der Waals surface area contributed by atoms with Crippen LogP contribution in [0, 0.1) is 11.8 Å². The van der Waals surface area contributed by atoms with E-state index in [1.165, 1.54) is 11.5 Å². The van der Waals surface area contributed by atoms with E-state index in [-0.39, 0.29) is 18.8 Å². The van der Waals surface area contributed by atoms with Gasteiger partial charge in [0.1, 0.15) is 18.1 Å². The van der Waals surface area contributed by atoms with Gasteiger partial charge in [0.25, 0.3) is 0 Å². The summed E-state index contributed by atoms with van der Waals surface area (Å²) in [5, 5.41) is 6.36. The summed E-state index contributed by atoms with van der Waals surface area (Å²) >= 11 is 7.15. The number of likely N-dealkylation sites (tertiary alicyclic amines) is 1. The molecule has 132 valence electrons. The minimum atomic E-state index is -0.266. The van der Waals surface area contributed by atoms with Gasteiger partial charge in [-0.1, -0.05) is 16.1 Å². The minimum absolute atomic E-state index is 0.184. The van der Waals surface area contributed by atoms with Gasteiger partial charge >= 0.3 is 6.09 Å². The summed E-state index contributed by atoms with van der Waals surface area (Å²) in [5.74, 6) is 1.80. The number of halogens is 1. The van der Waals surface area contributed by atoms with Crippen LogP contribution in [0.5, 0.6) is 5.75 Å². The van der Waals surface area contributed by atoms with Crippen LogP contribution >= 0.6 is 23.1 Å². The van der Waals surface area contributed by atoms with E-state index < -0.39 is 0 Å². The maximum atomic E-state index is 12.2. The third-order valence-electron chi connectivity index (χ3n) is 4.83. The number of hydrogen-bond acceptors (Lipinski definition) is 6. The summed E-state index contributed by atoms with van der Waals surface area (Å²) in [5.41, 5.74) is 0.689. The number of fused-ring (bicyclic) bond motifs is 1. The number of nitrogens with zero attached hydrogens (tertiary/aromatic N) is 3. The van der Waals surface area contributed by atoms with Crippen molar-refractivity contribution in [1.82, 2.24) is 14.5 Å². The Hall–Kier alpha value is -1.86. The van der Waals surface area contributed by atoms with Gasteiger partial charge in [0.05, 0.1) is 6.10 Å². The third kappa shape index (κ3) is 3.88. The van der Waals surface area contributed by atoms with Crippen molar-refractivity contribution in [3.8, 4) is 5.75 Å². The quantitative estimate of drug-likeness (QED) is 0.811. The van der Waals surface area contributed by atoms with E-state index in [4.69, 9.17) is 21.1 Å². The van der Waals surface area contributed by atoms with Crippen LogP contribution in [-0.2, 0) is 11.3 Å². The maximum absolute atomic E-state index is 12.2. The number of benzene rings is 1. The fourth-order valence-electron chi connectivity index (χ4n) is 3.67. The molecular weight excluding hydrogens is 362 g/mol. The van der Waals surface area contributed by atoms with Gasteiger partial charge in [0.15, 0.2) is 0 Å². The summed E-state index contributed by atoms with van der Waals surface area (Å²) in [4.78, 5) is 14.0. The average Bonchev–Trinajstić information content (AvgIpc) is 3.31. The summed E-state index contributed by atoms with van der Waals surface area (Å²) in [6, 6.07) is 7.46. The highest BCUT2D eigenvalue weighted by atomic mass is 35.5. The Bertz CT molecular complexity index is 711. The maximum Gasteiger partial charge on any atom is 0.410 e. The Morgan fingerprint density at radius 3 is 2.60 bits per heavy atom. The predicted octanol–water partition coefficient (Wildman–Crippen LogP) is 3.62. The van der Waals surface area contributed by atoms with E-state index >= 15 is 0 Å². The lowest BCUT2D eigenvalue weighted by Gasteiger charge is -2.19. The van der Waals surface area contributed by atoms with Crippen molar-refractivity contribution < 1.29 is 14.3 Å². The molecule has 1 aliphatic carbocycles. The number of hydrogen-bond donors (Lipinski definition) is 0. The van der Waals surface area contributed by atoms with Gasteiger partial charge < -0.3 is 14.4 Å². The van der Waals surface area contributed by atoms with Crippen molar-refractivity contribution >= 4 is 29.2 Å². The van der Waals surface area contributed by atoms with E-state index in [0.29, 0.717) is 22.6 Å². The first-order valence-electron chi connectivity index (χ1n) is 8.27. The lowest BCUT2D eigenvalue weighted by Crippen LogP contribution is -2.31. The minimum Gasteiger partial charge on any atom is -0.490 e. The fourth-order valence-corrected chi connectivity index (χ4v) is 4.23. The lowest BCUT2D eigenvalue weighted by atomic mass is 10.0. The highest BCUT2D eigenvalue weighted by Crippen LogP contribution is 2.40. The average molecular weight is 380 g/mol. The van der Waals surface area contributed by atoms with Crippen LogP contribution in [-0.4, -0.2) is 39.8 Å². The molecule has 2 aromatic rings. The van der Waals surface area contributed by atoms with E-state index in [2.05, 4.69) is 9.59 Å². The summed E-state index contributed by atoms with van der Waals surface area (Å²) in [7, 11) is 0. The van der Waals surface area contributed by atoms with Crippen molar-refractivity contribution in [3.05, 3.63) is 40.4 Å². The van der Waals surface area contributed by atoms with Gasteiger partial charge in [0.2, 0.25) is 0 Å². The Morgan fingerprint density at radius 2 is 1.96 bits per heavy atom. The SMILES string of the molecule is O=C(OCc1csnn1)N1C[C@H]2CC(Oc3ccc(Cl)cc3)C[C@H]2C1. The summed E-state index contributed by atoms with van der Waals surface area (Å²) < 4.78 is 15.1. The van der Waals surface area contributed by atoms with Crippen LogP contribution in [0.25, 0.3) is 0 Å². The van der Waals surface area contributed by atoms with Crippen molar-refractivity contribution in [2.45, 2.75) is 25.6 Å². The van der Waals surface area contributed by atoms with E-state index in [1.807, 2.05) is 24.3 Å². The van der Waals surface area contributed by atoms with E-state index in [0.717, 1.165) is 31.7 Å². The Labute approximate surface area is 154 Å². The number of ether oxygens (including phenoxy) is 2. The van der Waals surface area contributed by atoms with Crippen molar-refractivity contribution in [2.75, 3.05) is 13.1 Å². The molecule has 25 heavy (non-hydrogen) atoms. The second-order valence-corrected chi connectivity index (χ2v) is 7.59. The number of aromatic nitrogens is 2. The van der Waals surface area contributed by atoms with Gasteiger partial charge in [-0.15, -0.1) is 5.10 Å². The largest absolute Gasteiger partial charge is 0.490 e. The first kappa shape index (κ1) is 16.6. The molecule has 1 saturated heterocycles. The molecule has 4 rings (SSSR count). The molecular formula is C17H18ClN3O3S. The molecule has 2 heterocycles. The third-order valence-corrected chi connectivity index (χ3v) is 5.64. The van der Waals surface area contributed by atoms with Crippen LogP contribution in [0.2, 0.25) is 5.02 Å². The van der Waals surface area contributed by atoms with Gasteiger partial charge in [-0.25, -0.2) is 4.79 Å². The smallest absolute Gasteiger partial charge is 0.410 e. The first-order valence-corrected chi connectivity index (χ1v) is 9.48. The van der Waals surface area contributed by atoms with Crippen LogP contribution in [0.15, 0.2) is 29.6 Å². The molecule has 0 spiro atoms. The molecule has 3 atom stereocenters. The van der Waals surface area contributed by atoms with Gasteiger partial charge in [0, 0.05) is 23.5 Å². The van der Waals surface area contributed by atoms with Crippen molar-refractivity contribution in [2.24, 2.45) is 11.8 Å². The highest BCUT2D eigenvalue weighted by molar-refractivity contribution is 7.03. The number of rotatable bonds is 4. The van der Waals surface area contributed by atoms with Crippen LogP contribution < -0.4 is 4.74 Å². The topological polar surface area (TPSA) is 64.5 Å². The predicted molar refractivity (Wildman–Crippen MR) is 93.7 cm³/mol. The summed E-state index contributed by atoms with van der Waals surface area (Å²) in [6.45, 7) is 1.65. The Morgan fingerprint density at radius 1 is 1.24 bits per heavy atom. The molecule has 1 saturated carbocycles. The molecule has 1 aromatic heterocycles. The second-order valence-electron chi connectivity index (χ2n) is 6.54. The van der Waals surface area contributed by atoms with Crippen molar-refractivity contribution in [1.29, 1.82) is 0 Å².